The summed E-state index contributed by atoms with van der Waals surface area (Å²) < 4.78 is 25.8. The van der Waals surface area contributed by atoms with E-state index in [1.807, 2.05) is 0 Å². The number of nitrogens with one attached hydrogen (secondary N) is 2. The maximum atomic E-state index is 13.0. The zero-order valence-electron chi connectivity index (χ0n) is 11.9. The highest BCUT2D eigenvalue weighted by atomic mass is 19.2. The third-order valence-electron chi connectivity index (χ3n) is 3.57. The summed E-state index contributed by atoms with van der Waals surface area (Å²) in [6.07, 6.45) is 2.52. The lowest BCUT2D eigenvalue weighted by Gasteiger charge is -2.17. The zero-order chi connectivity index (χ0) is 16.1. The van der Waals surface area contributed by atoms with Crippen LogP contribution in [0.2, 0.25) is 0 Å². The van der Waals surface area contributed by atoms with Crippen molar-refractivity contribution in [3.63, 3.8) is 0 Å². The summed E-state index contributed by atoms with van der Waals surface area (Å²) in [5.41, 5.74) is -0.0548. The molecule has 2 rings (SSSR count). The van der Waals surface area contributed by atoms with Crippen LogP contribution in [0.3, 0.4) is 0 Å². The smallest absolute Gasteiger partial charge is 0.251 e. The molecule has 0 bridgehead atoms. The minimum absolute atomic E-state index is 0.0112. The van der Waals surface area contributed by atoms with Crippen LogP contribution in [0.25, 0.3) is 0 Å². The highest BCUT2D eigenvalue weighted by Crippen LogP contribution is 2.33. The molecule has 1 aliphatic rings. The third-order valence-corrected chi connectivity index (χ3v) is 3.57. The van der Waals surface area contributed by atoms with E-state index in [0.717, 1.165) is 31.0 Å². The van der Waals surface area contributed by atoms with Crippen molar-refractivity contribution in [2.45, 2.75) is 25.3 Å². The number of benzene rings is 1. The largest absolute Gasteiger partial charge is 0.396 e. The van der Waals surface area contributed by atoms with E-state index in [2.05, 4.69) is 10.6 Å². The lowest BCUT2D eigenvalue weighted by atomic mass is 10.1. The van der Waals surface area contributed by atoms with Gasteiger partial charge in [-0.1, -0.05) is 0 Å². The Morgan fingerprint density at radius 2 is 2.00 bits per heavy atom. The first-order chi connectivity index (χ1) is 10.5. The molecule has 5 nitrogen and oxygen atoms in total. The van der Waals surface area contributed by atoms with E-state index in [-0.39, 0.29) is 30.7 Å². The van der Waals surface area contributed by atoms with E-state index in [1.165, 1.54) is 0 Å². The zero-order valence-corrected chi connectivity index (χ0v) is 11.9. The average Bonchev–Trinajstić information content (AvgIpc) is 3.32. The van der Waals surface area contributed by atoms with E-state index in [0.29, 0.717) is 12.3 Å². The number of halogens is 2. The Hall–Kier alpha value is -2.02. The maximum absolute atomic E-state index is 13.0. The number of rotatable bonds is 7. The van der Waals surface area contributed by atoms with Crippen molar-refractivity contribution in [3.8, 4) is 0 Å². The third kappa shape index (κ3) is 4.49. The minimum Gasteiger partial charge on any atom is -0.396 e. The van der Waals surface area contributed by atoms with Gasteiger partial charge < -0.3 is 15.7 Å². The fourth-order valence-electron chi connectivity index (χ4n) is 2.22. The van der Waals surface area contributed by atoms with Crippen molar-refractivity contribution in [2.24, 2.45) is 5.92 Å². The van der Waals surface area contributed by atoms with E-state index < -0.39 is 17.5 Å². The fraction of sp³-hybridized carbons (Fsp3) is 0.467. The van der Waals surface area contributed by atoms with Crippen molar-refractivity contribution in [2.75, 3.05) is 13.2 Å². The van der Waals surface area contributed by atoms with Gasteiger partial charge in [0, 0.05) is 18.2 Å². The van der Waals surface area contributed by atoms with Crippen LogP contribution in [0.5, 0.6) is 0 Å². The van der Waals surface area contributed by atoms with Gasteiger partial charge in [0.2, 0.25) is 5.91 Å². The average molecular weight is 312 g/mol. The Bertz CT molecular complexity index is 562. The number of carbonyl (C=O) groups excluding carboxylic acids is 2. The van der Waals surface area contributed by atoms with Crippen molar-refractivity contribution in [1.29, 1.82) is 0 Å². The van der Waals surface area contributed by atoms with Crippen molar-refractivity contribution < 1.29 is 23.5 Å². The van der Waals surface area contributed by atoms with Gasteiger partial charge in [-0.25, -0.2) is 8.78 Å². The predicted molar refractivity (Wildman–Crippen MR) is 75.0 cm³/mol. The van der Waals surface area contributed by atoms with Crippen LogP contribution in [0.1, 0.15) is 29.6 Å². The second-order valence-electron chi connectivity index (χ2n) is 5.34. The quantitative estimate of drug-likeness (QED) is 0.702. The molecule has 120 valence electrons. The van der Waals surface area contributed by atoms with Crippen LogP contribution >= 0.6 is 0 Å². The molecule has 0 aromatic heterocycles. The van der Waals surface area contributed by atoms with Gasteiger partial charge in [-0.15, -0.1) is 0 Å². The van der Waals surface area contributed by atoms with Gasteiger partial charge in [-0.05, 0) is 43.4 Å². The monoisotopic (exact) mass is 312 g/mol. The predicted octanol–water partition coefficient (Wildman–Crippen LogP) is 0.972. The molecule has 0 heterocycles. The first-order valence-electron chi connectivity index (χ1n) is 7.14. The molecule has 1 fully saturated rings. The normalized spacial score (nSPS) is 15.2. The standard InChI is InChI=1S/C15H18F2N2O3/c16-11-4-3-10(7-12(11)17)15(22)18-8-14(21)19-13(5-6-20)9-1-2-9/h3-4,7,9,13,20H,1-2,5-6,8H2,(H,18,22)(H,19,21). The first kappa shape index (κ1) is 16.4. The molecule has 0 spiro atoms. The van der Waals surface area contributed by atoms with Crippen LogP contribution in [0, 0.1) is 17.6 Å². The molecule has 1 unspecified atom stereocenters. The molecule has 1 aromatic rings. The fourth-order valence-corrected chi connectivity index (χ4v) is 2.22. The molecule has 1 saturated carbocycles. The molecule has 22 heavy (non-hydrogen) atoms. The molecule has 1 aromatic carbocycles. The second-order valence-corrected chi connectivity index (χ2v) is 5.34. The molecule has 1 aliphatic carbocycles. The highest BCUT2D eigenvalue weighted by Gasteiger charge is 2.31. The van der Waals surface area contributed by atoms with Gasteiger partial charge in [0.05, 0.1) is 6.54 Å². The van der Waals surface area contributed by atoms with E-state index in [1.54, 1.807) is 0 Å². The Balaban J connectivity index is 1.82. The molecule has 0 radical (unpaired) electrons. The van der Waals surface area contributed by atoms with E-state index >= 15 is 0 Å². The van der Waals surface area contributed by atoms with Crippen LogP contribution < -0.4 is 10.6 Å². The van der Waals surface area contributed by atoms with Crippen LogP contribution in [-0.2, 0) is 4.79 Å². The lowest BCUT2D eigenvalue weighted by Crippen LogP contribution is -2.43. The van der Waals surface area contributed by atoms with Gasteiger partial charge in [-0.3, -0.25) is 9.59 Å². The van der Waals surface area contributed by atoms with Gasteiger partial charge in [0.25, 0.3) is 5.91 Å². The summed E-state index contributed by atoms with van der Waals surface area (Å²) in [5.74, 6) is -2.79. The second kappa shape index (κ2) is 7.31. The number of aliphatic hydroxyl groups is 1. The lowest BCUT2D eigenvalue weighted by molar-refractivity contribution is -0.121. The minimum atomic E-state index is -1.12. The Morgan fingerprint density at radius 3 is 2.59 bits per heavy atom. The number of carbonyl (C=O) groups is 2. The molecule has 7 heteroatoms. The number of hydrogen-bond acceptors (Lipinski definition) is 3. The van der Waals surface area contributed by atoms with Crippen molar-refractivity contribution in [3.05, 3.63) is 35.4 Å². The van der Waals surface area contributed by atoms with E-state index in [9.17, 15) is 18.4 Å². The molecule has 1 atom stereocenters. The van der Waals surface area contributed by atoms with Crippen LogP contribution in [-0.4, -0.2) is 36.1 Å². The van der Waals surface area contributed by atoms with Gasteiger partial charge in [0.1, 0.15) is 0 Å². The summed E-state index contributed by atoms with van der Waals surface area (Å²) in [6, 6.07) is 2.69. The molecule has 0 aliphatic heterocycles. The van der Waals surface area contributed by atoms with Crippen LogP contribution in [0.15, 0.2) is 18.2 Å². The molecular weight excluding hydrogens is 294 g/mol. The number of hydrogen-bond donors (Lipinski definition) is 3. The van der Waals surface area contributed by atoms with Gasteiger partial charge in [-0.2, -0.15) is 0 Å². The number of aliphatic hydroxyl groups excluding tert-OH is 1. The summed E-state index contributed by atoms with van der Waals surface area (Å²) in [5, 5.41) is 14.1. The topological polar surface area (TPSA) is 78.4 Å². The van der Waals surface area contributed by atoms with E-state index in [4.69, 9.17) is 5.11 Å². The Morgan fingerprint density at radius 1 is 1.27 bits per heavy atom. The van der Waals surface area contributed by atoms with Crippen LogP contribution in [0.4, 0.5) is 8.78 Å². The summed E-state index contributed by atoms with van der Waals surface area (Å²) in [7, 11) is 0. The molecule has 0 saturated heterocycles. The van der Waals surface area contributed by atoms with Crippen molar-refractivity contribution in [1.82, 2.24) is 10.6 Å². The molecule has 2 amide bonds. The SMILES string of the molecule is O=C(CNC(=O)c1ccc(F)c(F)c1)NC(CCO)C1CC1. The summed E-state index contributed by atoms with van der Waals surface area (Å²) in [4.78, 5) is 23.5. The summed E-state index contributed by atoms with van der Waals surface area (Å²) in [6.45, 7) is -0.269. The Labute approximate surface area is 126 Å². The summed E-state index contributed by atoms with van der Waals surface area (Å²) >= 11 is 0. The molecule has 3 N–H and O–H groups in total. The molecular formula is C15H18F2N2O3. The Kier molecular flexibility index (Phi) is 5.43. The van der Waals surface area contributed by atoms with Crippen molar-refractivity contribution >= 4 is 11.8 Å². The van der Waals surface area contributed by atoms with Gasteiger partial charge in [0.15, 0.2) is 11.6 Å². The van der Waals surface area contributed by atoms with Gasteiger partial charge >= 0.3 is 0 Å². The highest BCUT2D eigenvalue weighted by molar-refractivity contribution is 5.96. The first-order valence-corrected chi connectivity index (χ1v) is 7.14. The number of amides is 2. The maximum Gasteiger partial charge on any atom is 0.251 e.